The van der Waals surface area contributed by atoms with Crippen molar-refractivity contribution in [1.82, 2.24) is 9.97 Å². The monoisotopic (exact) mass is 456 g/mol. The predicted molar refractivity (Wildman–Crippen MR) is 129 cm³/mol. The van der Waals surface area contributed by atoms with Crippen LogP contribution in [0.3, 0.4) is 0 Å². The molecule has 0 aliphatic rings. The molecule has 0 saturated heterocycles. The molecule has 0 atom stereocenters. The smallest absolute Gasteiger partial charge is 0.250 e. The van der Waals surface area contributed by atoms with Gasteiger partial charge in [-0.3, -0.25) is 9.59 Å². The van der Waals surface area contributed by atoms with E-state index in [1.54, 1.807) is 37.4 Å². The summed E-state index contributed by atoms with van der Waals surface area (Å²) in [4.78, 5) is 33.0. The largest absolute Gasteiger partial charge is 0.497 e. The van der Waals surface area contributed by atoms with Crippen LogP contribution in [0.2, 0.25) is 0 Å². The zero-order chi connectivity index (χ0) is 24.1. The number of hydrogen-bond donors (Lipinski definition) is 3. The van der Waals surface area contributed by atoms with E-state index in [1.807, 2.05) is 24.3 Å². The van der Waals surface area contributed by atoms with Gasteiger partial charge in [-0.2, -0.15) is 0 Å². The molecular weight excluding hydrogens is 432 g/mol. The van der Waals surface area contributed by atoms with Gasteiger partial charge in [0.05, 0.1) is 24.8 Å². The van der Waals surface area contributed by atoms with Crippen molar-refractivity contribution < 1.29 is 19.4 Å². The highest BCUT2D eigenvalue weighted by Gasteiger charge is 2.14. The van der Waals surface area contributed by atoms with E-state index < -0.39 is 5.91 Å². The minimum Gasteiger partial charge on any atom is -0.497 e. The van der Waals surface area contributed by atoms with Crippen molar-refractivity contribution in [3.8, 4) is 5.75 Å². The second-order valence-corrected chi connectivity index (χ2v) is 7.79. The second-order valence-electron chi connectivity index (χ2n) is 7.79. The molecule has 1 aromatic heterocycles. The standard InChI is InChI=1S/C26H24N4O4/c1-34-20-7-5-19(6-8-20)23(32)12-16-3-2-4-17(9-16)13-28-26-22-11-18(14-31)10-21(25(27)33)24(22)29-15-30-26/h2-11,15,31H,12-14H2,1H3,(H2,27,33)(H,28,29,30). The fourth-order valence-electron chi connectivity index (χ4n) is 3.75. The van der Waals surface area contributed by atoms with E-state index >= 15 is 0 Å². The number of Topliss-reactive ketones (excluding diaryl/α,β-unsaturated/α-hetero) is 1. The number of carbonyl (C=O) groups is 2. The fourth-order valence-corrected chi connectivity index (χ4v) is 3.75. The van der Waals surface area contributed by atoms with Gasteiger partial charge in [-0.25, -0.2) is 9.97 Å². The second kappa shape index (κ2) is 10.1. The number of nitrogens with zero attached hydrogens (tertiary/aromatic N) is 2. The average molecular weight is 457 g/mol. The van der Waals surface area contributed by atoms with Gasteiger partial charge in [0.2, 0.25) is 0 Å². The third kappa shape index (κ3) is 5.02. The molecule has 0 unspecified atom stereocenters. The minimum absolute atomic E-state index is 0.0186. The van der Waals surface area contributed by atoms with Crippen molar-refractivity contribution in [3.63, 3.8) is 0 Å². The number of carbonyl (C=O) groups excluding carboxylic acids is 2. The minimum atomic E-state index is -0.626. The number of benzene rings is 3. The molecule has 0 aliphatic heterocycles. The Labute approximate surface area is 196 Å². The Morgan fingerprint density at radius 1 is 1.00 bits per heavy atom. The molecule has 0 radical (unpaired) electrons. The van der Waals surface area contributed by atoms with E-state index in [1.165, 1.54) is 12.4 Å². The Morgan fingerprint density at radius 2 is 1.76 bits per heavy atom. The van der Waals surface area contributed by atoms with Gasteiger partial charge in [0, 0.05) is 23.9 Å². The Kier molecular flexibility index (Phi) is 6.79. The lowest BCUT2D eigenvalue weighted by Gasteiger charge is -2.12. The number of aliphatic hydroxyl groups is 1. The first-order valence-electron chi connectivity index (χ1n) is 10.7. The molecule has 4 rings (SSSR count). The maximum Gasteiger partial charge on any atom is 0.250 e. The normalized spacial score (nSPS) is 10.8. The van der Waals surface area contributed by atoms with Crippen LogP contribution in [0.15, 0.2) is 67.0 Å². The highest BCUT2D eigenvalue weighted by molar-refractivity contribution is 6.07. The number of ether oxygens (including phenoxy) is 1. The average Bonchev–Trinajstić information content (AvgIpc) is 2.86. The van der Waals surface area contributed by atoms with Gasteiger partial charge in [0.1, 0.15) is 17.9 Å². The Balaban J connectivity index is 1.52. The molecule has 1 amide bonds. The van der Waals surface area contributed by atoms with Crippen molar-refractivity contribution in [2.24, 2.45) is 5.73 Å². The number of aliphatic hydroxyl groups excluding tert-OH is 1. The summed E-state index contributed by atoms with van der Waals surface area (Å²) in [5, 5.41) is 13.4. The van der Waals surface area contributed by atoms with Crippen LogP contribution >= 0.6 is 0 Å². The number of nitrogens with one attached hydrogen (secondary N) is 1. The van der Waals surface area contributed by atoms with Crippen molar-refractivity contribution >= 4 is 28.4 Å². The number of ketones is 1. The molecule has 0 spiro atoms. The molecule has 34 heavy (non-hydrogen) atoms. The molecule has 0 fully saturated rings. The summed E-state index contributed by atoms with van der Waals surface area (Å²) in [6, 6.07) is 18.0. The van der Waals surface area contributed by atoms with Crippen LogP contribution in [0, 0.1) is 0 Å². The highest BCUT2D eigenvalue weighted by atomic mass is 16.5. The number of primary amides is 1. The summed E-state index contributed by atoms with van der Waals surface area (Å²) in [5.41, 5.74) is 9.16. The lowest BCUT2D eigenvalue weighted by molar-refractivity contribution is 0.0988. The first-order chi connectivity index (χ1) is 16.5. The third-order valence-electron chi connectivity index (χ3n) is 5.47. The number of aromatic nitrogens is 2. The van der Waals surface area contributed by atoms with Crippen molar-refractivity contribution in [2.45, 2.75) is 19.6 Å². The van der Waals surface area contributed by atoms with Crippen LogP contribution < -0.4 is 15.8 Å². The summed E-state index contributed by atoms with van der Waals surface area (Å²) in [6.07, 6.45) is 1.64. The van der Waals surface area contributed by atoms with Gasteiger partial charge in [0.15, 0.2) is 5.78 Å². The predicted octanol–water partition coefficient (Wildman–Crippen LogP) is 3.27. The van der Waals surface area contributed by atoms with Gasteiger partial charge >= 0.3 is 0 Å². The molecule has 3 aromatic carbocycles. The quantitative estimate of drug-likeness (QED) is 0.330. The number of amides is 1. The van der Waals surface area contributed by atoms with Crippen LogP contribution in [0.1, 0.15) is 37.4 Å². The number of nitrogens with two attached hydrogens (primary N) is 1. The number of hydrogen-bond acceptors (Lipinski definition) is 7. The maximum absolute atomic E-state index is 12.7. The topological polar surface area (TPSA) is 127 Å². The Morgan fingerprint density at radius 3 is 2.47 bits per heavy atom. The first kappa shape index (κ1) is 22.9. The van der Waals surface area contributed by atoms with Crippen LogP contribution in [-0.2, 0) is 19.6 Å². The molecule has 172 valence electrons. The van der Waals surface area contributed by atoms with Crippen molar-refractivity contribution in [3.05, 3.63) is 94.8 Å². The first-order valence-corrected chi connectivity index (χ1v) is 10.7. The number of rotatable bonds is 9. The van der Waals surface area contributed by atoms with Gasteiger partial charge in [-0.1, -0.05) is 24.3 Å². The molecule has 0 saturated carbocycles. The Hall–Kier alpha value is -4.30. The molecule has 0 aliphatic carbocycles. The molecule has 8 heteroatoms. The van der Waals surface area contributed by atoms with E-state index in [9.17, 15) is 14.7 Å². The van der Waals surface area contributed by atoms with Crippen molar-refractivity contribution in [2.75, 3.05) is 12.4 Å². The van der Waals surface area contributed by atoms with Gasteiger partial charge < -0.3 is 20.9 Å². The summed E-state index contributed by atoms with van der Waals surface area (Å²) < 4.78 is 5.14. The van der Waals surface area contributed by atoms with E-state index in [0.29, 0.717) is 40.1 Å². The number of anilines is 1. The molecule has 4 N–H and O–H groups in total. The van der Waals surface area contributed by atoms with E-state index in [-0.39, 0.29) is 24.4 Å². The van der Waals surface area contributed by atoms with Crippen LogP contribution in [0.5, 0.6) is 5.75 Å². The van der Waals surface area contributed by atoms with Crippen molar-refractivity contribution in [1.29, 1.82) is 0 Å². The zero-order valence-electron chi connectivity index (χ0n) is 18.6. The molecule has 1 heterocycles. The third-order valence-corrected chi connectivity index (χ3v) is 5.47. The molecule has 8 nitrogen and oxygen atoms in total. The van der Waals surface area contributed by atoms with E-state index in [2.05, 4.69) is 15.3 Å². The SMILES string of the molecule is COc1ccc(C(=O)Cc2cccc(CNc3ncnc4c(C(N)=O)cc(CO)cc34)c2)cc1. The number of methoxy groups -OCH3 is 1. The van der Waals surface area contributed by atoms with Crippen LogP contribution in [0.4, 0.5) is 5.82 Å². The van der Waals surface area contributed by atoms with E-state index in [0.717, 1.165) is 11.1 Å². The summed E-state index contributed by atoms with van der Waals surface area (Å²) in [5.74, 6) is 0.614. The Bertz CT molecular complexity index is 1350. The highest BCUT2D eigenvalue weighted by Crippen LogP contribution is 2.25. The lowest BCUT2D eigenvalue weighted by atomic mass is 10.0. The maximum atomic E-state index is 12.7. The van der Waals surface area contributed by atoms with Gasteiger partial charge in [0.25, 0.3) is 5.91 Å². The summed E-state index contributed by atoms with van der Waals surface area (Å²) in [6.45, 7) is 0.195. The molecule has 4 aromatic rings. The summed E-state index contributed by atoms with van der Waals surface area (Å²) >= 11 is 0. The van der Waals surface area contributed by atoms with Gasteiger partial charge in [-0.15, -0.1) is 0 Å². The zero-order valence-corrected chi connectivity index (χ0v) is 18.6. The van der Waals surface area contributed by atoms with Gasteiger partial charge in [-0.05, 0) is 53.1 Å². The fraction of sp³-hybridized carbons (Fsp3) is 0.154. The van der Waals surface area contributed by atoms with Crippen LogP contribution in [0.25, 0.3) is 10.9 Å². The summed E-state index contributed by atoms with van der Waals surface area (Å²) in [7, 11) is 1.59. The molecular formula is C26H24N4O4. The molecule has 0 bridgehead atoms. The number of fused-ring (bicyclic) bond motifs is 1. The van der Waals surface area contributed by atoms with E-state index in [4.69, 9.17) is 10.5 Å². The van der Waals surface area contributed by atoms with Crippen LogP contribution in [-0.4, -0.2) is 33.9 Å². The lowest BCUT2D eigenvalue weighted by Crippen LogP contribution is -2.13.